The largest absolute Gasteiger partial charge is 0.371 e. The van der Waals surface area contributed by atoms with Crippen molar-refractivity contribution in [1.82, 2.24) is 29.0 Å². The van der Waals surface area contributed by atoms with Crippen LogP contribution in [-0.4, -0.2) is 126 Å². The highest BCUT2D eigenvalue weighted by molar-refractivity contribution is 7.90. The number of nitrogens with zero attached hydrogens (tertiary/aromatic N) is 7. The smallest absolute Gasteiger partial charge is 0.301 e. The number of hydrogen-bond donors (Lipinski definition) is 2. The fourth-order valence-corrected chi connectivity index (χ4v) is 11.4. The number of hydrogen-bond acceptors (Lipinski definition) is 10. The predicted molar refractivity (Wildman–Crippen MR) is 246 cm³/mol. The van der Waals surface area contributed by atoms with Crippen LogP contribution in [0.3, 0.4) is 0 Å². The van der Waals surface area contributed by atoms with E-state index in [0.29, 0.717) is 52.3 Å². The number of carbonyl (C=O) groups excluding carboxylic acids is 4. The van der Waals surface area contributed by atoms with E-state index < -0.39 is 69.5 Å². The number of fused-ring (bicyclic) bond motifs is 2. The summed E-state index contributed by atoms with van der Waals surface area (Å²) >= 11 is 0. The van der Waals surface area contributed by atoms with Crippen molar-refractivity contribution in [3.05, 3.63) is 119 Å². The van der Waals surface area contributed by atoms with E-state index in [1.807, 2.05) is 30.3 Å². The number of benzene rings is 3. The summed E-state index contributed by atoms with van der Waals surface area (Å²) in [5.74, 6) is -4.80. The summed E-state index contributed by atoms with van der Waals surface area (Å²) in [6.07, 6.45) is 4.51. The van der Waals surface area contributed by atoms with Gasteiger partial charge < -0.3 is 19.7 Å². The van der Waals surface area contributed by atoms with Gasteiger partial charge in [-0.3, -0.25) is 33.7 Å². The third-order valence-electron chi connectivity index (χ3n) is 13.8. The lowest BCUT2D eigenvalue weighted by Crippen LogP contribution is -2.53. The van der Waals surface area contributed by atoms with Crippen LogP contribution in [0, 0.1) is 11.6 Å². The summed E-state index contributed by atoms with van der Waals surface area (Å²) in [4.78, 5) is 66.1. The molecule has 2 aromatic heterocycles. The van der Waals surface area contributed by atoms with Gasteiger partial charge in [-0.25, -0.2) is 18.2 Å². The van der Waals surface area contributed by atoms with Crippen molar-refractivity contribution in [2.75, 3.05) is 66.9 Å². The van der Waals surface area contributed by atoms with E-state index in [9.17, 15) is 32.0 Å². The van der Waals surface area contributed by atoms with Gasteiger partial charge in [0, 0.05) is 111 Å². The number of rotatable bonds is 10. The maximum atomic E-state index is 15.9. The molecule has 1 unspecified atom stereocenters. The van der Waals surface area contributed by atoms with Gasteiger partial charge in [0.15, 0.2) is 5.82 Å². The summed E-state index contributed by atoms with van der Waals surface area (Å²) in [5.41, 5.74) is 3.50. The molecular weight excluding hydrogens is 888 g/mol. The van der Waals surface area contributed by atoms with Crippen molar-refractivity contribution in [3.8, 4) is 11.1 Å². The molecule has 0 aliphatic carbocycles. The Labute approximate surface area is 385 Å². The molecule has 15 nitrogen and oxygen atoms in total. The van der Waals surface area contributed by atoms with Gasteiger partial charge in [0.2, 0.25) is 11.7 Å². The first-order chi connectivity index (χ1) is 32.1. The lowest BCUT2D eigenvalue weighted by molar-refractivity contribution is -0.125. The van der Waals surface area contributed by atoms with Gasteiger partial charge in [0.25, 0.3) is 11.8 Å². The number of imide groups is 1. The number of aromatic nitrogens is 2. The predicted octanol–water partition coefficient (Wildman–Crippen LogP) is 5.63. The first kappa shape index (κ1) is 44.3. The first-order valence-corrected chi connectivity index (χ1v) is 23.8. The first-order valence-electron chi connectivity index (χ1n) is 22.4. The molecule has 4 fully saturated rings. The molecule has 19 heteroatoms. The van der Waals surface area contributed by atoms with Gasteiger partial charge in [-0.15, -0.1) is 0 Å². The van der Waals surface area contributed by atoms with Gasteiger partial charge in [-0.05, 0) is 86.2 Å². The van der Waals surface area contributed by atoms with E-state index in [-0.39, 0.29) is 24.4 Å². The minimum atomic E-state index is -4.37. The second-order valence-electron chi connectivity index (χ2n) is 17.9. The Bertz CT molecular complexity index is 2980. The SMILES string of the molecule is C=C1CCC(N2C(=O)c3ccc(N4CCC(N5CCN(c6ccc(-c7cnc8c(c7)c(C(=O)c7c(F)ccc(NS(=O)(=O)N9CC[C@@H](F)C9)c7F)cn8C)cc6)CC5)CC4)cc3C2=O)C(=O)N1. The number of piperidine rings is 2. The number of allylic oxidation sites excluding steroid dienone is 1. The lowest BCUT2D eigenvalue weighted by atomic mass is 9.99. The molecule has 0 saturated carbocycles. The summed E-state index contributed by atoms with van der Waals surface area (Å²) in [6, 6.07) is 16.4. The number of amides is 3. The molecule has 4 saturated heterocycles. The standard InChI is InChI=1S/C48H48F3N9O6S/c1-28-3-12-41(46(62)53-28)60-47(63)35-9-8-34(24-37(35)48(60)64)56-16-14-33(15-17-56)58-21-19-57(20-22-58)32-6-4-29(5-7-32)30-23-36-38(27-55(2)45(36)52-25-30)44(61)42-39(50)10-11-40(43(42)51)54-67(65,66)59-18-13-31(49)26-59/h4-11,23-25,27,31,33,41,54H,1,3,12-22,26H2,2H3,(H,53,62)/t31-,41?/m1/s1. The van der Waals surface area contributed by atoms with Crippen LogP contribution in [0.4, 0.5) is 30.2 Å². The Balaban J connectivity index is 0.764. The molecule has 348 valence electrons. The van der Waals surface area contributed by atoms with E-state index in [4.69, 9.17) is 0 Å². The molecule has 3 amide bonds. The fourth-order valence-electron chi connectivity index (χ4n) is 10.1. The molecule has 5 aromatic rings. The average Bonchev–Trinajstić information content (AvgIpc) is 4.00. The molecule has 67 heavy (non-hydrogen) atoms. The number of nitrogens with one attached hydrogen (secondary N) is 2. The number of carbonyl (C=O) groups is 4. The monoisotopic (exact) mass is 935 g/mol. The molecule has 10 rings (SSSR count). The summed E-state index contributed by atoms with van der Waals surface area (Å²) < 4.78 is 75.1. The van der Waals surface area contributed by atoms with Crippen LogP contribution in [0.1, 0.15) is 68.7 Å². The van der Waals surface area contributed by atoms with E-state index in [2.05, 4.69) is 36.3 Å². The lowest BCUT2D eigenvalue weighted by Gasteiger charge is -2.44. The van der Waals surface area contributed by atoms with Crippen LogP contribution in [-0.2, 0) is 22.1 Å². The average molecular weight is 936 g/mol. The van der Waals surface area contributed by atoms with Crippen molar-refractivity contribution >= 4 is 61.8 Å². The maximum absolute atomic E-state index is 15.9. The zero-order valence-corrected chi connectivity index (χ0v) is 37.5. The molecule has 2 N–H and O–H groups in total. The highest BCUT2D eigenvalue weighted by atomic mass is 32.2. The minimum Gasteiger partial charge on any atom is -0.371 e. The highest BCUT2D eigenvalue weighted by Gasteiger charge is 2.44. The van der Waals surface area contributed by atoms with Crippen LogP contribution in [0.2, 0.25) is 0 Å². The third-order valence-corrected chi connectivity index (χ3v) is 15.3. The number of aryl methyl sites for hydroxylation is 1. The Hall–Kier alpha value is -6.57. The van der Waals surface area contributed by atoms with Crippen LogP contribution in [0.5, 0.6) is 0 Å². The van der Waals surface area contributed by atoms with Crippen LogP contribution in [0.15, 0.2) is 85.3 Å². The number of halogens is 3. The van der Waals surface area contributed by atoms with Crippen molar-refractivity contribution in [1.29, 1.82) is 0 Å². The second-order valence-corrected chi connectivity index (χ2v) is 19.5. The van der Waals surface area contributed by atoms with Crippen molar-refractivity contribution in [2.24, 2.45) is 7.05 Å². The van der Waals surface area contributed by atoms with Gasteiger partial charge in [0.1, 0.15) is 23.7 Å². The highest BCUT2D eigenvalue weighted by Crippen LogP contribution is 2.35. The van der Waals surface area contributed by atoms with Gasteiger partial charge in [-0.1, -0.05) is 18.7 Å². The Kier molecular flexibility index (Phi) is 11.4. The number of anilines is 3. The van der Waals surface area contributed by atoms with E-state index >= 15 is 8.78 Å². The molecule has 5 aliphatic rings. The quantitative estimate of drug-likeness (QED) is 0.133. The van der Waals surface area contributed by atoms with E-state index in [1.54, 1.807) is 36.0 Å². The van der Waals surface area contributed by atoms with Crippen molar-refractivity contribution in [3.63, 3.8) is 0 Å². The Morgan fingerprint density at radius 3 is 2.22 bits per heavy atom. The van der Waals surface area contributed by atoms with Crippen molar-refractivity contribution < 1.29 is 40.8 Å². The van der Waals surface area contributed by atoms with Crippen molar-refractivity contribution in [2.45, 2.75) is 50.4 Å². The molecule has 2 atom stereocenters. The van der Waals surface area contributed by atoms with Gasteiger partial charge >= 0.3 is 10.2 Å². The molecule has 7 heterocycles. The van der Waals surface area contributed by atoms with Crippen LogP contribution in [0.25, 0.3) is 22.2 Å². The van der Waals surface area contributed by atoms with Crippen LogP contribution >= 0.6 is 0 Å². The number of piperazine rings is 1. The summed E-state index contributed by atoms with van der Waals surface area (Å²) in [6.45, 7) is 8.35. The maximum Gasteiger partial charge on any atom is 0.301 e. The van der Waals surface area contributed by atoms with E-state index in [0.717, 1.165) is 90.4 Å². The topological polar surface area (TPSA) is 160 Å². The number of ketones is 1. The Morgan fingerprint density at radius 2 is 1.52 bits per heavy atom. The third kappa shape index (κ3) is 8.11. The molecule has 3 aromatic carbocycles. The van der Waals surface area contributed by atoms with Gasteiger partial charge in [0.05, 0.1) is 22.4 Å². The minimum absolute atomic E-state index is 0.000309. The van der Waals surface area contributed by atoms with Crippen LogP contribution < -0.4 is 19.8 Å². The van der Waals surface area contributed by atoms with E-state index in [1.165, 1.54) is 6.20 Å². The normalized spacial score (nSPS) is 21.1. The molecule has 0 bridgehead atoms. The molecular formula is C48H48F3N9O6S. The molecule has 0 spiro atoms. The fraction of sp³-hybridized carbons (Fsp3) is 0.354. The zero-order valence-electron chi connectivity index (χ0n) is 36.7. The summed E-state index contributed by atoms with van der Waals surface area (Å²) in [7, 11) is -2.71. The molecule has 5 aliphatic heterocycles. The molecule has 0 radical (unpaired) electrons. The number of pyridine rings is 1. The van der Waals surface area contributed by atoms with Gasteiger partial charge in [-0.2, -0.15) is 12.7 Å². The number of alkyl halides is 1. The Morgan fingerprint density at radius 1 is 0.821 bits per heavy atom. The second kappa shape index (κ2) is 17.3. The summed E-state index contributed by atoms with van der Waals surface area (Å²) in [5, 5.41) is 3.03. The zero-order chi connectivity index (χ0) is 46.9.